The SMILES string of the molecule is CC/C(C)=C\C=N\NC(N)=O. The first kappa shape index (κ1) is 9.68. The predicted octanol–water partition coefficient (Wildman–Crippen LogP) is 0.997. The summed E-state index contributed by atoms with van der Waals surface area (Å²) < 4.78 is 0. The average Bonchev–Trinajstić information content (AvgIpc) is 1.97. The van der Waals surface area contributed by atoms with Gasteiger partial charge in [-0.05, 0) is 19.4 Å². The summed E-state index contributed by atoms with van der Waals surface area (Å²) in [5, 5.41) is 3.53. The number of primary amides is 1. The Hall–Kier alpha value is -1.32. The smallest absolute Gasteiger partial charge is 0.332 e. The van der Waals surface area contributed by atoms with Crippen LogP contribution in [0.2, 0.25) is 0 Å². The van der Waals surface area contributed by atoms with E-state index in [9.17, 15) is 4.79 Å². The van der Waals surface area contributed by atoms with E-state index in [0.717, 1.165) is 6.42 Å². The highest BCUT2D eigenvalue weighted by Crippen LogP contribution is 1.94. The first-order valence-electron chi connectivity index (χ1n) is 3.41. The fourth-order valence-corrected chi connectivity index (χ4v) is 0.383. The number of urea groups is 1. The first-order valence-corrected chi connectivity index (χ1v) is 3.41. The molecule has 0 spiro atoms. The summed E-state index contributed by atoms with van der Waals surface area (Å²) >= 11 is 0. The lowest BCUT2D eigenvalue weighted by Gasteiger charge is -1.90. The van der Waals surface area contributed by atoms with Crippen LogP contribution in [0.15, 0.2) is 16.8 Å². The van der Waals surface area contributed by atoms with E-state index in [1.165, 1.54) is 11.8 Å². The molecule has 0 aromatic heterocycles. The molecule has 0 rings (SSSR count). The van der Waals surface area contributed by atoms with Crippen molar-refractivity contribution in [1.29, 1.82) is 0 Å². The van der Waals surface area contributed by atoms with E-state index < -0.39 is 6.03 Å². The maximum atomic E-state index is 10.1. The van der Waals surface area contributed by atoms with E-state index in [1.807, 2.05) is 19.9 Å². The van der Waals surface area contributed by atoms with Crippen LogP contribution < -0.4 is 11.2 Å². The van der Waals surface area contributed by atoms with Crippen LogP contribution in [-0.4, -0.2) is 12.2 Å². The van der Waals surface area contributed by atoms with Gasteiger partial charge in [0.15, 0.2) is 0 Å². The Labute approximate surface area is 66.2 Å². The molecule has 0 fully saturated rings. The maximum absolute atomic E-state index is 10.1. The largest absolute Gasteiger partial charge is 0.350 e. The normalized spacial score (nSPS) is 12.0. The number of allylic oxidation sites excluding steroid dienone is 2. The Morgan fingerprint density at radius 2 is 2.36 bits per heavy atom. The minimum absolute atomic E-state index is 0.649. The molecule has 3 N–H and O–H groups in total. The lowest BCUT2D eigenvalue weighted by atomic mass is 10.2. The van der Waals surface area contributed by atoms with Crippen LogP contribution in [0.5, 0.6) is 0 Å². The Morgan fingerprint density at radius 1 is 1.73 bits per heavy atom. The number of rotatable bonds is 3. The van der Waals surface area contributed by atoms with Gasteiger partial charge in [-0.25, -0.2) is 10.2 Å². The van der Waals surface area contributed by atoms with Crippen molar-refractivity contribution in [3.05, 3.63) is 11.6 Å². The van der Waals surface area contributed by atoms with Crippen LogP contribution >= 0.6 is 0 Å². The molecule has 0 aliphatic heterocycles. The lowest BCUT2D eigenvalue weighted by molar-refractivity contribution is 0.249. The Balaban J connectivity index is 3.67. The zero-order valence-electron chi connectivity index (χ0n) is 6.79. The molecule has 0 saturated heterocycles. The monoisotopic (exact) mass is 155 g/mol. The van der Waals surface area contributed by atoms with Crippen molar-refractivity contribution in [3.63, 3.8) is 0 Å². The molecule has 62 valence electrons. The standard InChI is InChI=1S/C7H13N3O/c1-3-6(2)4-5-9-10-7(8)11/h4-5H,3H2,1-2H3,(H3,8,10,11)/b6-4-,9-5+. The Bertz CT molecular complexity index is 184. The van der Waals surface area contributed by atoms with E-state index in [0.29, 0.717) is 0 Å². The third-order valence-electron chi connectivity index (χ3n) is 1.17. The number of carbonyl (C=O) groups excluding carboxylic acids is 1. The molecule has 11 heavy (non-hydrogen) atoms. The van der Waals surface area contributed by atoms with Crippen LogP contribution in [0.25, 0.3) is 0 Å². The second kappa shape index (κ2) is 5.46. The van der Waals surface area contributed by atoms with Gasteiger partial charge in [0.25, 0.3) is 0 Å². The van der Waals surface area contributed by atoms with Crippen LogP contribution in [0.4, 0.5) is 4.79 Å². The molecule has 0 aliphatic rings. The molecule has 0 radical (unpaired) electrons. The average molecular weight is 155 g/mol. The van der Waals surface area contributed by atoms with E-state index in [2.05, 4.69) is 10.5 Å². The van der Waals surface area contributed by atoms with Gasteiger partial charge in [-0.1, -0.05) is 12.5 Å². The minimum atomic E-state index is -0.649. The molecule has 0 aromatic carbocycles. The summed E-state index contributed by atoms with van der Waals surface area (Å²) in [6, 6.07) is -0.649. The highest BCUT2D eigenvalue weighted by atomic mass is 16.2. The molecule has 0 unspecified atom stereocenters. The fraction of sp³-hybridized carbons (Fsp3) is 0.429. The fourth-order valence-electron chi connectivity index (χ4n) is 0.383. The minimum Gasteiger partial charge on any atom is -0.350 e. The molecular formula is C7H13N3O. The third-order valence-corrected chi connectivity index (χ3v) is 1.17. The molecule has 0 aromatic rings. The topological polar surface area (TPSA) is 67.5 Å². The van der Waals surface area contributed by atoms with Gasteiger partial charge in [0.05, 0.1) is 0 Å². The first-order chi connectivity index (χ1) is 5.16. The highest BCUT2D eigenvalue weighted by molar-refractivity contribution is 5.76. The molecule has 4 heteroatoms. The third kappa shape index (κ3) is 6.57. The number of hydrogen-bond donors (Lipinski definition) is 2. The van der Waals surface area contributed by atoms with E-state index in [1.54, 1.807) is 0 Å². The summed E-state index contributed by atoms with van der Waals surface area (Å²) in [5.74, 6) is 0. The zero-order chi connectivity index (χ0) is 8.69. The molecule has 0 atom stereocenters. The number of hydrogen-bond acceptors (Lipinski definition) is 2. The van der Waals surface area contributed by atoms with Gasteiger partial charge in [0.2, 0.25) is 0 Å². The van der Waals surface area contributed by atoms with Crippen molar-refractivity contribution in [2.24, 2.45) is 10.8 Å². The second-order valence-electron chi connectivity index (χ2n) is 2.12. The van der Waals surface area contributed by atoms with Gasteiger partial charge in [0, 0.05) is 6.21 Å². The molecule has 0 heterocycles. The van der Waals surface area contributed by atoms with Crippen LogP contribution in [0.3, 0.4) is 0 Å². The van der Waals surface area contributed by atoms with Crippen molar-refractivity contribution in [1.82, 2.24) is 5.43 Å². The number of nitrogens with one attached hydrogen (secondary N) is 1. The Morgan fingerprint density at radius 3 is 2.82 bits per heavy atom. The van der Waals surface area contributed by atoms with Gasteiger partial charge in [-0.2, -0.15) is 5.10 Å². The highest BCUT2D eigenvalue weighted by Gasteiger charge is 1.82. The number of nitrogens with two attached hydrogens (primary N) is 1. The van der Waals surface area contributed by atoms with Crippen molar-refractivity contribution in [2.45, 2.75) is 20.3 Å². The quantitative estimate of drug-likeness (QED) is 0.463. The van der Waals surface area contributed by atoms with Crippen molar-refractivity contribution < 1.29 is 4.79 Å². The van der Waals surface area contributed by atoms with Crippen molar-refractivity contribution >= 4 is 12.2 Å². The van der Waals surface area contributed by atoms with Gasteiger partial charge >= 0.3 is 6.03 Å². The van der Waals surface area contributed by atoms with E-state index in [-0.39, 0.29) is 0 Å². The summed E-state index contributed by atoms with van der Waals surface area (Å²) in [5.41, 5.74) is 8.04. The van der Waals surface area contributed by atoms with Gasteiger partial charge < -0.3 is 5.73 Å². The Kier molecular flexibility index (Phi) is 4.81. The molecule has 4 nitrogen and oxygen atoms in total. The van der Waals surface area contributed by atoms with Crippen molar-refractivity contribution in [3.8, 4) is 0 Å². The molecular weight excluding hydrogens is 142 g/mol. The number of carbonyl (C=O) groups is 1. The number of hydrazone groups is 1. The molecule has 0 bridgehead atoms. The van der Waals surface area contributed by atoms with E-state index >= 15 is 0 Å². The van der Waals surface area contributed by atoms with Crippen molar-refractivity contribution in [2.75, 3.05) is 0 Å². The molecule has 0 saturated carbocycles. The van der Waals surface area contributed by atoms with Gasteiger partial charge in [-0.15, -0.1) is 0 Å². The van der Waals surface area contributed by atoms with Crippen LogP contribution in [0, 0.1) is 0 Å². The summed E-state index contributed by atoms with van der Waals surface area (Å²) in [4.78, 5) is 10.1. The van der Waals surface area contributed by atoms with Gasteiger partial charge in [-0.3, -0.25) is 0 Å². The van der Waals surface area contributed by atoms with E-state index in [4.69, 9.17) is 5.73 Å². The lowest BCUT2D eigenvalue weighted by Crippen LogP contribution is -2.24. The van der Waals surface area contributed by atoms with Crippen LogP contribution in [0.1, 0.15) is 20.3 Å². The zero-order valence-corrected chi connectivity index (χ0v) is 6.79. The summed E-state index contributed by atoms with van der Waals surface area (Å²) in [7, 11) is 0. The number of nitrogens with zero attached hydrogens (tertiary/aromatic N) is 1. The van der Waals surface area contributed by atoms with Gasteiger partial charge in [0.1, 0.15) is 0 Å². The summed E-state index contributed by atoms with van der Waals surface area (Å²) in [6.07, 6.45) is 4.29. The second-order valence-corrected chi connectivity index (χ2v) is 2.12. The molecule has 2 amide bonds. The number of amides is 2. The predicted molar refractivity (Wildman–Crippen MR) is 45.3 cm³/mol. The molecule has 0 aliphatic carbocycles. The van der Waals surface area contributed by atoms with Crippen LogP contribution in [-0.2, 0) is 0 Å². The maximum Gasteiger partial charge on any atom is 0.332 e. The summed E-state index contributed by atoms with van der Waals surface area (Å²) in [6.45, 7) is 4.03.